The van der Waals surface area contributed by atoms with E-state index in [-0.39, 0.29) is 0 Å². The second kappa shape index (κ2) is 4.33. The normalized spacial score (nSPS) is 43.3. The van der Waals surface area contributed by atoms with E-state index in [0.717, 1.165) is 30.0 Å². The van der Waals surface area contributed by atoms with E-state index in [4.69, 9.17) is 0 Å². The SMILES string of the molecule is CC(C)CC1C[C@H]2CC[C@@H](C1)[N+]2(C)C(C)C. The van der Waals surface area contributed by atoms with Gasteiger partial charge in [-0.15, -0.1) is 0 Å². The van der Waals surface area contributed by atoms with Crippen LogP contribution in [-0.2, 0) is 0 Å². The van der Waals surface area contributed by atoms with E-state index in [2.05, 4.69) is 34.7 Å². The molecule has 2 aliphatic rings. The molecule has 2 unspecified atom stereocenters. The molecule has 1 nitrogen and oxygen atoms in total. The first-order valence-electron chi connectivity index (χ1n) is 7.30. The number of hydrogen-bond acceptors (Lipinski definition) is 0. The van der Waals surface area contributed by atoms with Gasteiger partial charge >= 0.3 is 0 Å². The maximum atomic E-state index is 2.53. The van der Waals surface area contributed by atoms with Crippen molar-refractivity contribution in [1.29, 1.82) is 0 Å². The van der Waals surface area contributed by atoms with E-state index >= 15 is 0 Å². The summed E-state index contributed by atoms with van der Waals surface area (Å²) in [5.41, 5.74) is 0. The largest absolute Gasteiger partial charge is 0.319 e. The number of fused-ring (bicyclic) bond motifs is 2. The topological polar surface area (TPSA) is 0 Å². The number of quaternary nitrogens is 1. The van der Waals surface area contributed by atoms with Crippen molar-refractivity contribution in [1.82, 2.24) is 0 Å². The van der Waals surface area contributed by atoms with Crippen LogP contribution in [0.15, 0.2) is 0 Å². The van der Waals surface area contributed by atoms with Crippen molar-refractivity contribution in [2.75, 3.05) is 7.05 Å². The molecular formula is C15H30N+. The molecule has 2 rings (SSSR count). The zero-order valence-corrected chi connectivity index (χ0v) is 11.9. The van der Waals surface area contributed by atoms with Crippen LogP contribution in [-0.4, -0.2) is 29.7 Å². The highest BCUT2D eigenvalue weighted by molar-refractivity contribution is 4.87. The molecule has 0 amide bonds. The van der Waals surface area contributed by atoms with Crippen molar-refractivity contribution in [3.63, 3.8) is 0 Å². The van der Waals surface area contributed by atoms with Gasteiger partial charge < -0.3 is 4.48 Å². The second-order valence-electron chi connectivity index (χ2n) is 7.17. The summed E-state index contributed by atoms with van der Waals surface area (Å²) in [4.78, 5) is 0. The van der Waals surface area contributed by atoms with Gasteiger partial charge in [-0.2, -0.15) is 0 Å². The number of hydrogen-bond donors (Lipinski definition) is 0. The average molecular weight is 224 g/mol. The van der Waals surface area contributed by atoms with Crippen LogP contribution in [0.5, 0.6) is 0 Å². The van der Waals surface area contributed by atoms with Crippen LogP contribution < -0.4 is 0 Å². The molecule has 94 valence electrons. The summed E-state index contributed by atoms with van der Waals surface area (Å²) in [5.74, 6) is 1.92. The average Bonchev–Trinajstić information content (AvgIpc) is 2.38. The summed E-state index contributed by atoms with van der Waals surface area (Å²) in [5, 5.41) is 0. The first-order valence-corrected chi connectivity index (χ1v) is 7.30. The molecule has 0 aromatic rings. The first-order chi connectivity index (χ1) is 7.44. The Morgan fingerprint density at radius 3 is 1.88 bits per heavy atom. The summed E-state index contributed by atoms with van der Waals surface area (Å²) in [6, 6.07) is 2.77. The Bertz CT molecular complexity index is 230. The molecule has 0 saturated carbocycles. The van der Waals surface area contributed by atoms with Gasteiger partial charge in [0.25, 0.3) is 0 Å². The van der Waals surface area contributed by atoms with E-state index in [1.807, 2.05) is 0 Å². The maximum absolute atomic E-state index is 2.53. The van der Waals surface area contributed by atoms with Gasteiger partial charge in [0.1, 0.15) is 0 Å². The Balaban J connectivity index is 2.06. The molecular weight excluding hydrogens is 194 g/mol. The van der Waals surface area contributed by atoms with Gasteiger partial charge in [-0.05, 0) is 32.1 Å². The summed E-state index contributed by atoms with van der Waals surface area (Å²) >= 11 is 0. The van der Waals surface area contributed by atoms with Crippen molar-refractivity contribution in [3.05, 3.63) is 0 Å². The molecule has 0 aromatic heterocycles. The van der Waals surface area contributed by atoms with Crippen LogP contribution in [0.3, 0.4) is 0 Å². The lowest BCUT2D eigenvalue weighted by Gasteiger charge is -2.50. The fourth-order valence-electron chi connectivity index (χ4n) is 4.50. The quantitative estimate of drug-likeness (QED) is 0.639. The Labute approximate surface area is 102 Å². The summed E-state index contributed by atoms with van der Waals surface area (Å²) < 4.78 is 1.38. The van der Waals surface area contributed by atoms with Crippen LogP contribution >= 0.6 is 0 Å². The van der Waals surface area contributed by atoms with Crippen molar-refractivity contribution < 1.29 is 4.48 Å². The van der Waals surface area contributed by atoms with Gasteiger partial charge in [0.15, 0.2) is 0 Å². The third-order valence-electron chi connectivity index (χ3n) is 5.53. The summed E-state index contributed by atoms with van der Waals surface area (Å²) in [7, 11) is 2.53. The molecule has 0 N–H and O–H groups in total. The van der Waals surface area contributed by atoms with E-state index in [0.29, 0.717) is 0 Å². The molecule has 0 spiro atoms. The zero-order chi connectivity index (χ0) is 11.9. The molecule has 0 aliphatic carbocycles. The number of rotatable bonds is 3. The smallest absolute Gasteiger partial charge is 0.0897 e. The molecule has 0 radical (unpaired) electrons. The summed E-state index contributed by atoms with van der Waals surface area (Å²) in [6.07, 6.45) is 7.46. The molecule has 16 heavy (non-hydrogen) atoms. The fraction of sp³-hybridized carbons (Fsp3) is 1.00. The number of nitrogens with zero attached hydrogens (tertiary/aromatic N) is 1. The minimum atomic E-state index is 0.817. The lowest BCUT2D eigenvalue weighted by atomic mass is 9.82. The Kier molecular flexibility index (Phi) is 3.36. The molecule has 2 fully saturated rings. The highest BCUT2D eigenvalue weighted by Gasteiger charge is 2.52. The zero-order valence-electron chi connectivity index (χ0n) is 11.9. The third kappa shape index (κ3) is 1.92. The van der Waals surface area contributed by atoms with Gasteiger partial charge in [-0.25, -0.2) is 0 Å². The monoisotopic (exact) mass is 224 g/mol. The van der Waals surface area contributed by atoms with Crippen molar-refractivity contribution in [2.45, 2.75) is 77.9 Å². The van der Waals surface area contributed by atoms with Gasteiger partial charge in [0.05, 0.1) is 25.2 Å². The molecule has 2 aliphatic heterocycles. The molecule has 2 saturated heterocycles. The van der Waals surface area contributed by atoms with Crippen LogP contribution in [0.25, 0.3) is 0 Å². The van der Waals surface area contributed by atoms with Gasteiger partial charge in [-0.1, -0.05) is 13.8 Å². The maximum Gasteiger partial charge on any atom is 0.0897 e. The molecule has 2 heterocycles. The van der Waals surface area contributed by atoms with Crippen LogP contribution in [0.1, 0.15) is 59.8 Å². The summed E-state index contributed by atoms with van der Waals surface area (Å²) in [6.45, 7) is 9.61. The Morgan fingerprint density at radius 1 is 1.00 bits per heavy atom. The molecule has 0 aromatic carbocycles. The van der Waals surface area contributed by atoms with E-state index in [1.54, 1.807) is 0 Å². The first kappa shape index (κ1) is 12.4. The van der Waals surface area contributed by atoms with Gasteiger partial charge in [0.2, 0.25) is 0 Å². The Hall–Kier alpha value is -0.0400. The minimum Gasteiger partial charge on any atom is -0.319 e. The number of piperidine rings is 1. The lowest BCUT2D eigenvalue weighted by Crippen LogP contribution is -2.61. The van der Waals surface area contributed by atoms with E-state index < -0.39 is 0 Å². The molecule has 4 atom stereocenters. The van der Waals surface area contributed by atoms with E-state index in [1.165, 1.54) is 36.6 Å². The fourth-order valence-corrected chi connectivity index (χ4v) is 4.50. The van der Waals surface area contributed by atoms with Crippen LogP contribution in [0.4, 0.5) is 0 Å². The van der Waals surface area contributed by atoms with Crippen molar-refractivity contribution in [2.24, 2.45) is 11.8 Å². The van der Waals surface area contributed by atoms with E-state index in [9.17, 15) is 0 Å². The van der Waals surface area contributed by atoms with Gasteiger partial charge in [0, 0.05) is 25.7 Å². The van der Waals surface area contributed by atoms with Crippen LogP contribution in [0, 0.1) is 11.8 Å². The highest BCUT2D eigenvalue weighted by Crippen LogP contribution is 2.46. The minimum absolute atomic E-state index is 0.817. The van der Waals surface area contributed by atoms with Gasteiger partial charge in [-0.3, -0.25) is 0 Å². The highest BCUT2D eigenvalue weighted by atomic mass is 15.4. The standard InChI is InChI=1S/C15H30N/c1-11(2)8-13-9-14-6-7-15(10-13)16(14,5)12(3)4/h11-15H,6-10H2,1-5H3/q+1/t13?,14-,15+,16?. The lowest BCUT2D eigenvalue weighted by molar-refractivity contribution is -0.968. The predicted octanol–water partition coefficient (Wildman–Crippen LogP) is 3.83. The Morgan fingerprint density at radius 2 is 1.50 bits per heavy atom. The van der Waals surface area contributed by atoms with Crippen LogP contribution in [0.2, 0.25) is 0 Å². The van der Waals surface area contributed by atoms with Crippen molar-refractivity contribution in [3.8, 4) is 0 Å². The second-order valence-corrected chi connectivity index (χ2v) is 7.17. The molecule has 2 bridgehead atoms. The van der Waals surface area contributed by atoms with Crippen molar-refractivity contribution >= 4 is 0 Å². The molecule has 1 heteroatoms. The predicted molar refractivity (Wildman–Crippen MR) is 70.3 cm³/mol. The third-order valence-corrected chi connectivity index (χ3v) is 5.53.